The zero-order valence-corrected chi connectivity index (χ0v) is 33.1. The largest absolute Gasteiger partial charge is 0.448 e. The number of hydrogen-bond acceptors (Lipinski definition) is 5. The van der Waals surface area contributed by atoms with Gasteiger partial charge in [-0.25, -0.2) is 22.4 Å². The molecule has 0 saturated carbocycles. The van der Waals surface area contributed by atoms with Crippen LogP contribution in [0.2, 0.25) is 5.04 Å². The summed E-state index contributed by atoms with van der Waals surface area (Å²) in [7, 11) is -3.33. The van der Waals surface area contributed by atoms with Crippen LogP contribution in [0.25, 0.3) is 10.9 Å². The van der Waals surface area contributed by atoms with Crippen molar-refractivity contribution >= 4 is 41.4 Å². The van der Waals surface area contributed by atoms with Crippen LogP contribution in [-0.2, 0) is 15.6 Å². The van der Waals surface area contributed by atoms with E-state index in [0.717, 1.165) is 39.0 Å². The highest BCUT2D eigenvalue weighted by Crippen LogP contribution is 2.44. The van der Waals surface area contributed by atoms with Crippen LogP contribution < -0.4 is 21.0 Å². The zero-order valence-electron chi connectivity index (χ0n) is 32.1. The standard InChI is InChI=1S/C43H49F5N4O3Si/c1-29-24-34-33-18-11-12-19-37(33)51-39(34)40(38-35(45)25-30(26-36(38)46)49-22-23-54-41(53)50-21-13-20-44)52(29)27-43(47,48)28-55-56(42(2,3)4,31-14-7-5-8-15-31)32-16-9-6-10-17-32/h5-12,14-19,25-26,29,40,49,51H,13,20-24,27-28H2,1-4H3,(H,50,53)/t29-,40-/m1/s1. The van der Waals surface area contributed by atoms with Gasteiger partial charge >= 0.3 is 6.09 Å². The summed E-state index contributed by atoms with van der Waals surface area (Å²) >= 11 is 0. The first kappa shape index (κ1) is 40.9. The number of anilines is 1. The molecular formula is C43H49F5N4O3Si. The molecule has 13 heteroatoms. The highest BCUT2D eigenvalue weighted by atomic mass is 28.4. The van der Waals surface area contributed by atoms with E-state index in [1.54, 1.807) is 6.92 Å². The second-order valence-corrected chi connectivity index (χ2v) is 19.7. The first-order valence-corrected chi connectivity index (χ1v) is 20.8. The third-order valence-corrected chi connectivity index (χ3v) is 15.4. The molecule has 2 atom stereocenters. The molecule has 0 bridgehead atoms. The number of aromatic amines is 1. The zero-order chi connectivity index (χ0) is 40.1. The van der Waals surface area contributed by atoms with E-state index in [2.05, 4.69) is 15.6 Å². The topological polar surface area (TPSA) is 78.6 Å². The number of aromatic nitrogens is 1. The molecule has 7 nitrogen and oxygen atoms in total. The number of carbonyl (C=O) groups is 1. The maximum absolute atomic E-state index is 16.8. The lowest BCUT2D eigenvalue weighted by Crippen LogP contribution is -2.67. The van der Waals surface area contributed by atoms with Crippen molar-refractivity contribution in [2.75, 3.05) is 44.8 Å². The molecule has 56 heavy (non-hydrogen) atoms. The lowest BCUT2D eigenvalue weighted by Gasteiger charge is -2.45. The Labute approximate surface area is 325 Å². The number of nitrogens with one attached hydrogen (secondary N) is 3. The minimum Gasteiger partial charge on any atom is -0.448 e. The van der Waals surface area contributed by atoms with E-state index in [1.807, 2.05) is 106 Å². The van der Waals surface area contributed by atoms with Gasteiger partial charge in [0, 0.05) is 47.0 Å². The lowest BCUT2D eigenvalue weighted by molar-refractivity contribution is -0.0825. The van der Waals surface area contributed by atoms with Crippen molar-refractivity contribution in [3.63, 3.8) is 0 Å². The van der Waals surface area contributed by atoms with Crippen molar-refractivity contribution < 1.29 is 35.9 Å². The van der Waals surface area contributed by atoms with Gasteiger partial charge in [0.25, 0.3) is 14.2 Å². The molecule has 298 valence electrons. The van der Waals surface area contributed by atoms with Gasteiger partial charge in [-0.1, -0.05) is 99.6 Å². The van der Waals surface area contributed by atoms with Gasteiger partial charge in [0.2, 0.25) is 0 Å². The van der Waals surface area contributed by atoms with Gasteiger partial charge in [-0.2, -0.15) is 0 Å². The number of hydrogen-bond donors (Lipinski definition) is 3. The summed E-state index contributed by atoms with van der Waals surface area (Å²) in [6.07, 6.45) is -0.198. The predicted molar refractivity (Wildman–Crippen MR) is 213 cm³/mol. The van der Waals surface area contributed by atoms with Gasteiger partial charge in [-0.15, -0.1) is 0 Å². The lowest BCUT2D eigenvalue weighted by atomic mass is 9.87. The third-order valence-electron chi connectivity index (χ3n) is 10.4. The first-order chi connectivity index (χ1) is 26.8. The number of nitrogens with zero attached hydrogens (tertiary/aromatic N) is 1. The molecule has 1 amide bonds. The first-order valence-electron chi connectivity index (χ1n) is 18.9. The van der Waals surface area contributed by atoms with E-state index in [4.69, 9.17) is 9.16 Å². The second kappa shape index (κ2) is 17.2. The van der Waals surface area contributed by atoms with Crippen LogP contribution in [0.5, 0.6) is 0 Å². The van der Waals surface area contributed by atoms with E-state index < -0.39 is 68.9 Å². The van der Waals surface area contributed by atoms with Crippen molar-refractivity contribution in [2.24, 2.45) is 0 Å². The molecule has 1 aliphatic heterocycles. The highest BCUT2D eigenvalue weighted by Gasteiger charge is 2.52. The quantitative estimate of drug-likeness (QED) is 0.0564. The van der Waals surface area contributed by atoms with Crippen LogP contribution in [0, 0.1) is 11.6 Å². The van der Waals surface area contributed by atoms with Gasteiger partial charge in [-0.05, 0) is 58.9 Å². The Morgan fingerprint density at radius 2 is 1.52 bits per heavy atom. The minimum absolute atomic E-state index is 0.0328. The normalized spacial score (nSPS) is 16.4. The number of fused-ring (bicyclic) bond motifs is 3. The number of alkyl carbamates (subject to hydrolysis) is 1. The molecule has 0 saturated heterocycles. The number of carbonyl (C=O) groups excluding carboxylic acids is 1. The Kier molecular flexibility index (Phi) is 12.6. The fourth-order valence-electron chi connectivity index (χ4n) is 7.95. The summed E-state index contributed by atoms with van der Waals surface area (Å²) in [5.41, 5.74) is 1.75. The Balaban J connectivity index is 1.31. The summed E-state index contributed by atoms with van der Waals surface area (Å²) in [4.78, 5) is 16.6. The Morgan fingerprint density at radius 1 is 0.911 bits per heavy atom. The van der Waals surface area contributed by atoms with Crippen molar-refractivity contribution in [1.82, 2.24) is 15.2 Å². The van der Waals surface area contributed by atoms with Crippen molar-refractivity contribution in [1.29, 1.82) is 0 Å². The molecule has 0 aliphatic carbocycles. The summed E-state index contributed by atoms with van der Waals surface area (Å²) in [6, 6.07) is 27.1. The molecule has 6 rings (SSSR count). The predicted octanol–water partition coefficient (Wildman–Crippen LogP) is 8.49. The summed E-state index contributed by atoms with van der Waals surface area (Å²) in [5, 5.41) is 7.31. The fraction of sp³-hybridized carbons (Fsp3) is 0.372. The number of para-hydroxylation sites is 1. The number of benzene rings is 4. The van der Waals surface area contributed by atoms with Crippen LogP contribution in [0.3, 0.4) is 0 Å². The van der Waals surface area contributed by atoms with E-state index in [-0.39, 0.29) is 37.4 Å². The number of amides is 1. The number of rotatable bonds is 15. The molecule has 1 aromatic heterocycles. The van der Waals surface area contributed by atoms with Gasteiger partial charge in [0.05, 0.1) is 25.9 Å². The van der Waals surface area contributed by atoms with Gasteiger partial charge < -0.3 is 24.8 Å². The second-order valence-electron chi connectivity index (χ2n) is 15.4. The Morgan fingerprint density at radius 3 is 2.12 bits per heavy atom. The van der Waals surface area contributed by atoms with Gasteiger partial charge in [0.15, 0.2) is 0 Å². The Hall–Kier alpha value is -4.72. The van der Waals surface area contributed by atoms with Crippen LogP contribution in [0.1, 0.15) is 57.0 Å². The van der Waals surface area contributed by atoms with E-state index in [1.165, 1.54) is 4.90 Å². The van der Waals surface area contributed by atoms with E-state index in [9.17, 15) is 9.18 Å². The molecule has 3 N–H and O–H groups in total. The monoisotopic (exact) mass is 792 g/mol. The fourth-order valence-corrected chi connectivity index (χ4v) is 12.5. The smallest absolute Gasteiger partial charge is 0.407 e. The number of H-pyrrole nitrogens is 1. The van der Waals surface area contributed by atoms with Crippen LogP contribution in [0.15, 0.2) is 97.1 Å². The molecule has 1 aliphatic rings. The van der Waals surface area contributed by atoms with Crippen molar-refractivity contribution in [3.8, 4) is 0 Å². The SMILES string of the molecule is C[C@@H]1Cc2c([nH]c3ccccc23)[C@@H](c2c(F)cc(NCCOC(=O)NCCCF)cc2F)N1CC(F)(F)CO[Si](c1ccccc1)(c1ccccc1)C(C)(C)C. The molecule has 2 heterocycles. The maximum atomic E-state index is 16.8. The number of alkyl halides is 3. The summed E-state index contributed by atoms with van der Waals surface area (Å²) in [6.45, 7) is 5.58. The van der Waals surface area contributed by atoms with Crippen molar-refractivity contribution in [2.45, 2.75) is 63.6 Å². The summed E-state index contributed by atoms with van der Waals surface area (Å²) < 4.78 is 90.2. The molecule has 5 aromatic rings. The maximum Gasteiger partial charge on any atom is 0.407 e. The molecule has 0 spiro atoms. The summed E-state index contributed by atoms with van der Waals surface area (Å²) in [5.74, 6) is -5.27. The molecule has 0 radical (unpaired) electrons. The van der Waals surface area contributed by atoms with Crippen LogP contribution in [-0.4, -0.2) is 75.8 Å². The number of halogens is 5. The third kappa shape index (κ3) is 8.64. The average molecular weight is 793 g/mol. The average Bonchev–Trinajstić information content (AvgIpc) is 3.53. The molecule has 0 unspecified atom stereocenters. The molecule has 4 aromatic carbocycles. The van der Waals surface area contributed by atoms with Crippen molar-refractivity contribution in [3.05, 3.63) is 126 Å². The van der Waals surface area contributed by atoms with Crippen LogP contribution >= 0.6 is 0 Å². The highest BCUT2D eigenvalue weighted by molar-refractivity contribution is 6.99. The van der Waals surface area contributed by atoms with E-state index in [0.29, 0.717) is 12.1 Å². The molecule has 0 fully saturated rings. The van der Waals surface area contributed by atoms with Gasteiger partial charge in [0.1, 0.15) is 18.2 Å². The van der Waals surface area contributed by atoms with Gasteiger partial charge in [-0.3, -0.25) is 9.29 Å². The van der Waals surface area contributed by atoms with E-state index >= 15 is 17.6 Å². The van der Waals surface area contributed by atoms with Crippen LogP contribution in [0.4, 0.5) is 32.4 Å². The molecular weight excluding hydrogens is 744 g/mol. The number of ether oxygens (including phenoxy) is 1. The minimum atomic E-state index is -3.43. The Bertz CT molecular complexity index is 2030.